The van der Waals surface area contributed by atoms with E-state index in [0.717, 1.165) is 0 Å². The Kier molecular flexibility index (Phi) is 4.99. The molecular formula is C16H12Cl2FN3O2S. The normalized spacial score (nSPS) is 11.5. The van der Waals surface area contributed by atoms with Gasteiger partial charge in [-0.05, 0) is 36.4 Å². The molecule has 1 heterocycles. The third kappa shape index (κ3) is 4.12. The summed E-state index contributed by atoms with van der Waals surface area (Å²) < 4.78 is 42.2. The second-order valence-corrected chi connectivity index (χ2v) is 7.68. The fourth-order valence-corrected chi connectivity index (χ4v) is 3.51. The number of sulfonamides is 1. The van der Waals surface area contributed by atoms with Crippen molar-refractivity contribution in [3.05, 3.63) is 76.2 Å². The summed E-state index contributed by atoms with van der Waals surface area (Å²) in [4.78, 5) is 0.0589. The van der Waals surface area contributed by atoms with Gasteiger partial charge in [-0.15, -0.1) is 0 Å². The molecule has 0 spiro atoms. The highest BCUT2D eigenvalue weighted by Gasteiger charge is 2.16. The molecule has 3 aromatic rings. The van der Waals surface area contributed by atoms with Crippen LogP contribution in [0.3, 0.4) is 0 Å². The molecule has 3 rings (SSSR count). The van der Waals surface area contributed by atoms with E-state index >= 15 is 0 Å². The molecule has 5 nitrogen and oxygen atoms in total. The summed E-state index contributed by atoms with van der Waals surface area (Å²) >= 11 is 11.7. The van der Waals surface area contributed by atoms with E-state index in [1.54, 1.807) is 6.07 Å². The molecule has 0 atom stereocenters. The van der Waals surface area contributed by atoms with Crippen LogP contribution < -0.4 is 4.72 Å². The zero-order chi connectivity index (χ0) is 18.0. The first kappa shape index (κ1) is 17.7. The van der Waals surface area contributed by atoms with Gasteiger partial charge >= 0.3 is 0 Å². The molecule has 0 aliphatic carbocycles. The maximum atomic E-state index is 13.8. The quantitative estimate of drug-likeness (QED) is 0.699. The SMILES string of the molecule is O=S(=O)(Nc1ccn(Cc2c(F)cccc2Cl)n1)c1ccc(Cl)cc1. The molecular weight excluding hydrogens is 388 g/mol. The van der Waals surface area contributed by atoms with E-state index in [2.05, 4.69) is 9.82 Å². The predicted octanol–water partition coefficient (Wildman–Crippen LogP) is 4.18. The lowest BCUT2D eigenvalue weighted by Gasteiger charge is -2.07. The van der Waals surface area contributed by atoms with Crippen molar-refractivity contribution in [3.63, 3.8) is 0 Å². The van der Waals surface area contributed by atoms with E-state index in [4.69, 9.17) is 23.2 Å². The van der Waals surface area contributed by atoms with Crippen molar-refractivity contribution < 1.29 is 12.8 Å². The fraction of sp³-hybridized carbons (Fsp3) is 0.0625. The van der Waals surface area contributed by atoms with Crippen LogP contribution in [0.1, 0.15) is 5.56 Å². The number of aromatic nitrogens is 2. The minimum atomic E-state index is -3.79. The number of halogens is 3. The van der Waals surface area contributed by atoms with Crippen molar-refractivity contribution in [3.8, 4) is 0 Å². The lowest BCUT2D eigenvalue weighted by molar-refractivity contribution is 0.585. The molecule has 1 aromatic heterocycles. The average molecular weight is 400 g/mol. The van der Waals surface area contributed by atoms with Crippen LogP contribution in [0.5, 0.6) is 0 Å². The number of hydrogen-bond donors (Lipinski definition) is 1. The van der Waals surface area contributed by atoms with Gasteiger partial charge in [0.25, 0.3) is 10.0 Å². The monoisotopic (exact) mass is 399 g/mol. The van der Waals surface area contributed by atoms with Gasteiger partial charge in [-0.3, -0.25) is 9.40 Å². The van der Waals surface area contributed by atoms with Crippen LogP contribution >= 0.6 is 23.2 Å². The van der Waals surface area contributed by atoms with Gasteiger partial charge < -0.3 is 0 Å². The van der Waals surface area contributed by atoms with Crippen molar-refractivity contribution in [2.75, 3.05) is 4.72 Å². The second kappa shape index (κ2) is 7.03. The molecule has 0 saturated carbocycles. The van der Waals surface area contributed by atoms with Crippen LogP contribution in [0.15, 0.2) is 59.6 Å². The fourth-order valence-electron chi connectivity index (χ4n) is 2.16. The summed E-state index contributed by atoms with van der Waals surface area (Å²) in [5, 5.41) is 4.80. The Balaban J connectivity index is 1.79. The molecule has 2 aromatic carbocycles. The summed E-state index contributed by atoms with van der Waals surface area (Å²) in [6.45, 7) is 0.0776. The van der Waals surface area contributed by atoms with Gasteiger partial charge in [0.2, 0.25) is 0 Å². The molecule has 0 radical (unpaired) electrons. The molecule has 0 aliphatic rings. The van der Waals surface area contributed by atoms with Crippen molar-refractivity contribution in [1.82, 2.24) is 9.78 Å². The third-order valence-electron chi connectivity index (χ3n) is 3.39. The van der Waals surface area contributed by atoms with E-state index in [9.17, 15) is 12.8 Å². The van der Waals surface area contributed by atoms with Crippen LogP contribution in [-0.2, 0) is 16.6 Å². The standard InChI is InChI=1S/C16H12Cl2FN3O2S/c17-11-4-6-12(7-5-11)25(23,24)21-16-8-9-22(20-16)10-13-14(18)2-1-3-15(13)19/h1-9H,10H2,(H,20,21). The van der Waals surface area contributed by atoms with Crippen LogP contribution in [0.4, 0.5) is 10.2 Å². The smallest absolute Gasteiger partial charge is 0.263 e. The molecule has 1 N–H and O–H groups in total. The first-order valence-corrected chi connectivity index (χ1v) is 9.34. The summed E-state index contributed by atoms with van der Waals surface area (Å²) in [5.41, 5.74) is 0.277. The number of nitrogens with one attached hydrogen (secondary N) is 1. The highest BCUT2D eigenvalue weighted by atomic mass is 35.5. The van der Waals surface area contributed by atoms with Gasteiger partial charge in [0.15, 0.2) is 5.82 Å². The minimum Gasteiger partial charge on any atom is -0.266 e. The summed E-state index contributed by atoms with van der Waals surface area (Å²) in [6, 6.07) is 11.6. The highest BCUT2D eigenvalue weighted by Crippen LogP contribution is 2.21. The van der Waals surface area contributed by atoms with Gasteiger partial charge in [0, 0.05) is 27.9 Å². The Hall–Kier alpha value is -2.09. The Morgan fingerprint density at radius 1 is 1.08 bits per heavy atom. The minimum absolute atomic E-state index is 0.0589. The van der Waals surface area contributed by atoms with Crippen LogP contribution in [-0.4, -0.2) is 18.2 Å². The van der Waals surface area contributed by atoms with Crippen molar-refractivity contribution in [1.29, 1.82) is 0 Å². The Bertz CT molecular complexity index is 984. The van der Waals surface area contributed by atoms with Crippen molar-refractivity contribution in [2.45, 2.75) is 11.4 Å². The van der Waals surface area contributed by atoms with Crippen LogP contribution in [0.2, 0.25) is 10.0 Å². The molecule has 130 valence electrons. The lowest BCUT2D eigenvalue weighted by atomic mass is 10.2. The molecule has 0 bridgehead atoms. The van der Waals surface area contributed by atoms with E-state index in [0.29, 0.717) is 5.02 Å². The van der Waals surface area contributed by atoms with Gasteiger partial charge in [-0.25, -0.2) is 12.8 Å². The maximum Gasteiger partial charge on any atom is 0.263 e. The predicted molar refractivity (Wildman–Crippen MR) is 95.0 cm³/mol. The number of hydrogen-bond acceptors (Lipinski definition) is 3. The number of anilines is 1. The zero-order valence-electron chi connectivity index (χ0n) is 12.7. The van der Waals surface area contributed by atoms with Crippen LogP contribution in [0.25, 0.3) is 0 Å². The number of rotatable bonds is 5. The third-order valence-corrected chi connectivity index (χ3v) is 5.36. The molecule has 25 heavy (non-hydrogen) atoms. The highest BCUT2D eigenvalue weighted by molar-refractivity contribution is 7.92. The Labute approximate surface area is 154 Å². The van der Waals surface area contributed by atoms with Crippen molar-refractivity contribution >= 4 is 39.0 Å². The van der Waals surface area contributed by atoms with E-state index in [1.165, 1.54) is 53.3 Å². The molecule has 0 amide bonds. The molecule has 0 fully saturated rings. The molecule has 9 heteroatoms. The van der Waals surface area contributed by atoms with E-state index < -0.39 is 15.8 Å². The van der Waals surface area contributed by atoms with Gasteiger partial charge in [-0.2, -0.15) is 5.10 Å². The maximum absolute atomic E-state index is 13.8. The summed E-state index contributed by atoms with van der Waals surface area (Å²) in [5.74, 6) is -0.339. The van der Waals surface area contributed by atoms with Gasteiger partial charge in [0.05, 0.1) is 11.4 Å². The van der Waals surface area contributed by atoms with Crippen molar-refractivity contribution in [2.24, 2.45) is 0 Å². The van der Waals surface area contributed by atoms with E-state index in [-0.39, 0.29) is 27.8 Å². The summed E-state index contributed by atoms with van der Waals surface area (Å²) in [7, 11) is -3.79. The topological polar surface area (TPSA) is 64.0 Å². The Morgan fingerprint density at radius 2 is 1.80 bits per heavy atom. The lowest BCUT2D eigenvalue weighted by Crippen LogP contribution is -2.13. The Morgan fingerprint density at radius 3 is 2.48 bits per heavy atom. The molecule has 0 saturated heterocycles. The molecule has 0 aliphatic heterocycles. The number of benzene rings is 2. The van der Waals surface area contributed by atoms with Gasteiger partial charge in [0.1, 0.15) is 5.82 Å². The number of nitrogens with zero attached hydrogens (tertiary/aromatic N) is 2. The van der Waals surface area contributed by atoms with Crippen LogP contribution in [0, 0.1) is 5.82 Å². The summed E-state index contributed by atoms with van der Waals surface area (Å²) in [6.07, 6.45) is 1.53. The first-order valence-electron chi connectivity index (χ1n) is 7.10. The second-order valence-electron chi connectivity index (χ2n) is 5.16. The molecule has 0 unspecified atom stereocenters. The average Bonchev–Trinajstić information content (AvgIpc) is 2.98. The van der Waals surface area contributed by atoms with Gasteiger partial charge in [-0.1, -0.05) is 29.3 Å². The first-order chi connectivity index (χ1) is 11.8. The largest absolute Gasteiger partial charge is 0.266 e. The van der Waals surface area contributed by atoms with E-state index in [1.807, 2.05) is 0 Å². The zero-order valence-corrected chi connectivity index (χ0v) is 15.0.